The van der Waals surface area contributed by atoms with Crippen molar-refractivity contribution in [2.24, 2.45) is 7.05 Å². The predicted molar refractivity (Wildman–Crippen MR) is 67.2 cm³/mol. The molecule has 7 heteroatoms. The largest absolute Gasteiger partial charge is 0.434 e. The van der Waals surface area contributed by atoms with Crippen molar-refractivity contribution in [3.63, 3.8) is 0 Å². The quantitative estimate of drug-likeness (QED) is 0.654. The van der Waals surface area contributed by atoms with Gasteiger partial charge in [0.05, 0.1) is 0 Å². The molecule has 100 valence electrons. The van der Waals surface area contributed by atoms with Crippen LogP contribution in [-0.4, -0.2) is 26.2 Å². The van der Waals surface area contributed by atoms with Crippen LogP contribution >= 0.6 is 0 Å². The number of hydrogen-bond donors (Lipinski definition) is 1. The lowest BCUT2D eigenvalue weighted by Gasteiger charge is -2.06. The van der Waals surface area contributed by atoms with Crippen molar-refractivity contribution in [2.45, 2.75) is 6.42 Å². The molecule has 2 aromatic rings. The highest BCUT2D eigenvalue weighted by Crippen LogP contribution is 2.29. The van der Waals surface area contributed by atoms with Crippen molar-refractivity contribution in [1.29, 1.82) is 0 Å². The number of nitrogens with zero attached hydrogens (tertiary/aromatic N) is 3. The molecule has 0 aliphatic carbocycles. The Morgan fingerprint density at radius 3 is 2.68 bits per heavy atom. The average molecular weight is 263 g/mol. The van der Waals surface area contributed by atoms with Gasteiger partial charge in [-0.15, -0.1) is 0 Å². The number of hydrogen-bond acceptors (Lipinski definition) is 5. The van der Waals surface area contributed by atoms with Crippen LogP contribution < -0.4 is 4.74 Å². The Labute approximate surface area is 109 Å². The van der Waals surface area contributed by atoms with Crippen LogP contribution in [0.4, 0.5) is 5.82 Å². The molecule has 0 aliphatic heterocycles. The van der Waals surface area contributed by atoms with Gasteiger partial charge in [0.1, 0.15) is 5.75 Å². The molecule has 0 atom stereocenters. The van der Waals surface area contributed by atoms with E-state index >= 15 is 0 Å². The Morgan fingerprint density at radius 1 is 1.42 bits per heavy atom. The first-order valence-electron chi connectivity index (χ1n) is 5.65. The fourth-order valence-electron chi connectivity index (χ4n) is 1.61. The standard InChI is InChI=1S/C12H13N3O4/c1-14-8-13-11(15(17)18)12(14)19-10-4-2-9(3-5-10)6-7-16/h2-5,8,16H,6-7H2,1H3. The summed E-state index contributed by atoms with van der Waals surface area (Å²) in [7, 11) is 1.62. The van der Waals surface area contributed by atoms with Gasteiger partial charge in [0.2, 0.25) is 6.33 Å². The van der Waals surface area contributed by atoms with E-state index in [2.05, 4.69) is 4.98 Å². The van der Waals surface area contributed by atoms with Crippen LogP contribution in [0, 0.1) is 10.1 Å². The molecule has 0 saturated carbocycles. The highest BCUT2D eigenvalue weighted by molar-refractivity contribution is 5.38. The third-order valence-electron chi connectivity index (χ3n) is 2.58. The average Bonchev–Trinajstić information content (AvgIpc) is 2.74. The number of aromatic nitrogens is 2. The summed E-state index contributed by atoms with van der Waals surface area (Å²) in [5.74, 6) is 0.246. The van der Waals surface area contributed by atoms with Gasteiger partial charge in [-0.05, 0) is 34.0 Å². The molecule has 7 nitrogen and oxygen atoms in total. The fourth-order valence-corrected chi connectivity index (χ4v) is 1.61. The number of aryl methyl sites for hydroxylation is 1. The second kappa shape index (κ2) is 5.49. The molecule has 2 rings (SSSR count). The van der Waals surface area contributed by atoms with Crippen LogP contribution in [0.2, 0.25) is 0 Å². The van der Waals surface area contributed by atoms with Crippen LogP contribution in [0.3, 0.4) is 0 Å². The Bertz CT molecular complexity index is 577. The number of aliphatic hydroxyl groups excluding tert-OH is 1. The predicted octanol–water partition coefficient (Wildman–Crippen LogP) is 1.66. The zero-order valence-corrected chi connectivity index (χ0v) is 10.3. The molecule has 0 radical (unpaired) electrons. The number of ether oxygens (including phenoxy) is 1. The number of rotatable bonds is 5. The van der Waals surface area contributed by atoms with Crippen LogP contribution in [0.5, 0.6) is 11.6 Å². The fraction of sp³-hybridized carbons (Fsp3) is 0.250. The summed E-state index contributed by atoms with van der Waals surface area (Å²) < 4.78 is 6.92. The Morgan fingerprint density at radius 2 is 2.11 bits per heavy atom. The lowest BCUT2D eigenvalue weighted by molar-refractivity contribution is -0.390. The van der Waals surface area contributed by atoms with Gasteiger partial charge in [0.25, 0.3) is 0 Å². The third-order valence-corrected chi connectivity index (χ3v) is 2.58. The van der Waals surface area contributed by atoms with Crippen molar-refractivity contribution >= 4 is 5.82 Å². The maximum atomic E-state index is 10.8. The van der Waals surface area contributed by atoms with Gasteiger partial charge in [0.15, 0.2) is 0 Å². The van der Waals surface area contributed by atoms with E-state index in [-0.39, 0.29) is 18.3 Å². The molecular weight excluding hydrogens is 250 g/mol. The van der Waals surface area contributed by atoms with Crippen molar-refractivity contribution < 1.29 is 14.8 Å². The molecule has 0 aliphatic rings. The van der Waals surface area contributed by atoms with Gasteiger partial charge in [-0.1, -0.05) is 12.1 Å². The van der Waals surface area contributed by atoms with Gasteiger partial charge < -0.3 is 20.0 Å². The first-order valence-corrected chi connectivity index (χ1v) is 5.65. The van der Waals surface area contributed by atoms with E-state index in [0.717, 1.165) is 5.56 Å². The first kappa shape index (κ1) is 13.0. The molecule has 0 unspecified atom stereocenters. The SMILES string of the molecule is Cn1cnc([N+](=O)[O-])c1Oc1ccc(CCO)cc1. The lowest BCUT2D eigenvalue weighted by Crippen LogP contribution is -1.97. The van der Waals surface area contributed by atoms with Gasteiger partial charge in [-0.25, -0.2) is 0 Å². The minimum atomic E-state index is -0.588. The van der Waals surface area contributed by atoms with Crippen LogP contribution in [0.15, 0.2) is 30.6 Å². The number of imidazole rings is 1. The second-order valence-corrected chi connectivity index (χ2v) is 3.96. The molecule has 1 aromatic heterocycles. The third kappa shape index (κ3) is 2.89. The molecule has 0 fully saturated rings. The van der Waals surface area contributed by atoms with Crippen molar-refractivity contribution in [1.82, 2.24) is 9.55 Å². The summed E-state index contributed by atoms with van der Waals surface area (Å²) in [6, 6.07) is 6.99. The van der Waals surface area contributed by atoms with Crippen molar-refractivity contribution in [3.05, 3.63) is 46.3 Å². The Balaban J connectivity index is 2.21. The minimum absolute atomic E-state index is 0.0768. The normalized spacial score (nSPS) is 10.4. The van der Waals surface area contributed by atoms with E-state index in [1.54, 1.807) is 31.3 Å². The van der Waals surface area contributed by atoms with Gasteiger partial charge >= 0.3 is 11.7 Å². The van der Waals surface area contributed by atoms with E-state index in [1.807, 2.05) is 0 Å². The molecule has 0 bridgehead atoms. The second-order valence-electron chi connectivity index (χ2n) is 3.96. The number of aliphatic hydroxyl groups is 1. The molecule has 0 amide bonds. The minimum Gasteiger partial charge on any atom is -0.434 e. The smallest absolute Gasteiger partial charge is 0.427 e. The summed E-state index contributed by atoms with van der Waals surface area (Å²) in [5.41, 5.74) is 0.967. The van der Waals surface area contributed by atoms with E-state index in [0.29, 0.717) is 12.2 Å². The molecule has 1 aromatic carbocycles. The van der Waals surface area contributed by atoms with E-state index in [1.165, 1.54) is 10.9 Å². The van der Waals surface area contributed by atoms with Gasteiger partial charge in [-0.3, -0.25) is 4.57 Å². The van der Waals surface area contributed by atoms with Crippen molar-refractivity contribution in [2.75, 3.05) is 6.61 Å². The van der Waals surface area contributed by atoms with Crippen LogP contribution in [-0.2, 0) is 13.5 Å². The Hall–Kier alpha value is -2.41. The molecule has 0 saturated heterocycles. The molecular formula is C12H13N3O4. The van der Waals surface area contributed by atoms with E-state index in [4.69, 9.17) is 9.84 Å². The molecule has 1 N–H and O–H groups in total. The summed E-state index contributed by atoms with van der Waals surface area (Å²) >= 11 is 0. The van der Waals surface area contributed by atoms with Crippen molar-refractivity contribution in [3.8, 4) is 11.6 Å². The maximum Gasteiger partial charge on any atom is 0.427 e. The lowest BCUT2D eigenvalue weighted by atomic mass is 10.1. The van der Waals surface area contributed by atoms with E-state index < -0.39 is 4.92 Å². The summed E-state index contributed by atoms with van der Waals surface area (Å²) in [5, 5.41) is 19.6. The summed E-state index contributed by atoms with van der Waals surface area (Å²) in [4.78, 5) is 13.9. The first-order chi connectivity index (χ1) is 9.11. The molecule has 1 heterocycles. The maximum absolute atomic E-state index is 10.8. The number of nitro groups is 1. The summed E-state index contributed by atoms with van der Waals surface area (Å²) in [6.45, 7) is 0.0768. The topological polar surface area (TPSA) is 90.4 Å². The number of benzene rings is 1. The summed E-state index contributed by atoms with van der Waals surface area (Å²) in [6.07, 6.45) is 1.89. The van der Waals surface area contributed by atoms with Crippen LogP contribution in [0.25, 0.3) is 0 Å². The monoisotopic (exact) mass is 263 g/mol. The van der Waals surface area contributed by atoms with E-state index in [9.17, 15) is 10.1 Å². The molecule has 19 heavy (non-hydrogen) atoms. The zero-order valence-electron chi connectivity index (χ0n) is 10.3. The highest BCUT2D eigenvalue weighted by Gasteiger charge is 2.22. The highest BCUT2D eigenvalue weighted by atomic mass is 16.6. The van der Waals surface area contributed by atoms with Gasteiger partial charge in [-0.2, -0.15) is 0 Å². The Kier molecular flexibility index (Phi) is 3.76. The van der Waals surface area contributed by atoms with Crippen LogP contribution in [0.1, 0.15) is 5.56 Å². The zero-order chi connectivity index (χ0) is 13.8. The molecule has 0 spiro atoms. The van der Waals surface area contributed by atoms with Gasteiger partial charge in [0, 0.05) is 13.7 Å².